The lowest BCUT2D eigenvalue weighted by molar-refractivity contribution is -0.384. The summed E-state index contributed by atoms with van der Waals surface area (Å²) >= 11 is 0. The molecule has 0 bridgehead atoms. The van der Waals surface area contributed by atoms with E-state index in [9.17, 15) is 19.7 Å². The first-order valence-corrected chi connectivity index (χ1v) is 8.67. The molecule has 0 aliphatic rings. The Labute approximate surface area is 166 Å². The molecule has 3 aromatic rings. The van der Waals surface area contributed by atoms with Crippen molar-refractivity contribution in [1.29, 1.82) is 0 Å². The molecule has 8 nitrogen and oxygen atoms in total. The van der Waals surface area contributed by atoms with Crippen LogP contribution in [-0.2, 0) is 9.53 Å². The van der Waals surface area contributed by atoms with Gasteiger partial charge in [0.05, 0.1) is 10.5 Å². The third-order valence-electron chi connectivity index (χ3n) is 4.09. The normalized spacial score (nSPS) is 11.3. The van der Waals surface area contributed by atoms with Gasteiger partial charge in [0.1, 0.15) is 5.69 Å². The van der Waals surface area contributed by atoms with Crippen LogP contribution in [0.3, 0.4) is 0 Å². The van der Waals surface area contributed by atoms with E-state index in [0.717, 1.165) is 0 Å². The molecule has 2 aromatic carbocycles. The number of nitrogens with one attached hydrogen (secondary N) is 1. The summed E-state index contributed by atoms with van der Waals surface area (Å²) in [6, 6.07) is 15.8. The molecule has 0 fully saturated rings. The molecular formula is C21H17N3O5. The van der Waals surface area contributed by atoms with E-state index < -0.39 is 22.9 Å². The van der Waals surface area contributed by atoms with Gasteiger partial charge in [0.15, 0.2) is 0 Å². The molecule has 1 atom stereocenters. The number of pyridine rings is 1. The Hall–Kier alpha value is -4.07. The number of nitrogens with zero attached hydrogens (tertiary/aromatic N) is 2. The molecular weight excluding hydrogens is 374 g/mol. The topological polar surface area (TPSA) is 111 Å². The van der Waals surface area contributed by atoms with E-state index in [1.54, 1.807) is 43.3 Å². The first-order valence-electron chi connectivity index (χ1n) is 8.67. The average molecular weight is 391 g/mol. The Morgan fingerprint density at radius 3 is 2.41 bits per heavy atom. The number of benzene rings is 2. The highest BCUT2D eigenvalue weighted by molar-refractivity contribution is 5.99. The number of anilines is 1. The molecule has 1 aromatic heterocycles. The number of carbonyl (C=O) groups is 2. The third kappa shape index (κ3) is 4.81. The Bertz CT molecular complexity index is 1040. The van der Waals surface area contributed by atoms with E-state index in [-0.39, 0.29) is 16.9 Å². The van der Waals surface area contributed by atoms with Crippen LogP contribution in [0.25, 0.3) is 0 Å². The number of amides is 1. The molecule has 0 spiro atoms. The van der Waals surface area contributed by atoms with Crippen LogP contribution in [0.15, 0.2) is 73.1 Å². The average Bonchev–Trinajstić information content (AvgIpc) is 2.74. The van der Waals surface area contributed by atoms with Crippen LogP contribution >= 0.6 is 0 Å². The Kier molecular flexibility index (Phi) is 5.94. The summed E-state index contributed by atoms with van der Waals surface area (Å²) in [6.45, 7) is 1.71. The van der Waals surface area contributed by atoms with Gasteiger partial charge in [-0.3, -0.25) is 19.9 Å². The number of nitro groups is 1. The van der Waals surface area contributed by atoms with Gasteiger partial charge in [0, 0.05) is 24.0 Å². The van der Waals surface area contributed by atoms with Crippen LogP contribution < -0.4 is 5.32 Å². The number of nitro benzene ring substituents is 1. The van der Waals surface area contributed by atoms with Crippen LogP contribution in [0.5, 0.6) is 0 Å². The fraction of sp³-hybridized carbons (Fsp3) is 0.0952. The standard InChI is InChI=1S/C21H17N3O5/c1-14-7-8-17(18(13-14)24(27)28)23-20(25)19(15-5-3-2-4-6-15)29-21(26)16-9-11-22-12-10-16/h2-13,19H,1H3,(H,23,25)/t19-/m1/s1. The molecule has 0 saturated heterocycles. The highest BCUT2D eigenvalue weighted by Gasteiger charge is 2.27. The van der Waals surface area contributed by atoms with E-state index in [1.807, 2.05) is 0 Å². The minimum atomic E-state index is -1.29. The lowest BCUT2D eigenvalue weighted by Gasteiger charge is -2.18. The van der Waals surface area contributed by atoms with Crippen molar-refractivity contribution in [2.75, 3.05) is 5.32 Å². The molecule has 1 heterocycles. The molecule has 0 unspecified atom stereocenters. The molecule has 1 amide bonds. The lowest BCUT2D eigenvalue weighted by Crippen LogP contribution is -2.26. The summed E-state index contributed by atoms with van der Waals surface area (Å²) in [6.07, 6.45) is 1.58. The molecule has 1 N–H and O–H groups in total. The summed E-state index contributed by atoms with van der Waals surface area (Å²) in [5.74, 6) is -1.42. The van der Waals surface area contributed by atoms with Crippen molar-refractivity contribution in [3.05, 3.63) is 99.9 Å². The van der Waals surface area contributed by atoms with Crippen LogP contribution in [0.1, 0.15) is 27.6 Å². The van der Waals surface area contributed by atoms with Gasteiger partial charge in [-0.05, 0) is 30.7 Å². The molecule has 0 aliphatic carbocycles. The van der Waals surface area contributed by atoms with Crippen molar-refractivity contribution < 1.29 is 19.2 Å². The van der Waals surface area contributed by atoms with Crippen LogP contribution in [-0.4, -0.2) is 21.8 Å². The van der Waals surface area contributed by atoms with E-state index in [2.05, 4.69) is 10.3 Å². The Morgan fingerprint density at radius 2 is 1.76 bits per heavy atom. The predicted molar refractivity (Wildman–Crippen MR) is 105 cm³/mol. The largest absolute Gasteiger partial charge is 0.444 e. The maximum atomic E-state index is 12.9. The summed E-state index contributed by atoms with van der Waals surface area (Å²) in [5.41, 5.74) is 1.12. The van der Waals surface area contributed by atoms with Gasteiger partial charge in [-0.1, -0.05) is 36.4 Å². The van der Waals surface area contributed by atoms with Crippen molar-refractivity contribution in [3.8, 4) is 0 Å². The Balaban J connectivity index is 1.90. The van der Waals surface area contributed by atoms with Gasteiger partial charge >= 0.3 is 5.97 Å². The number of carbonyl (C=O) groups excluding carboxylic acids is 2. The molecule has 0 radical (unpaired) electrons. The maximum absolute atomic E-state index is 12.9. The molecule has 0 saturated carbocycles. The lowest BCUT2D eigenvalue weighted by atomic mass is 10.1. The SMILES string of the molecule is Cc1ccc(NC(=O)[C@H](OC(=O)c2ccncc2)c2ccccc2)c([N+](=O)[O-])c1. The number of rotatable bonds is 6. The molecule has 8 heteroatoms. The minimum Gasteiger partial charge on any atom is -0.444 e. The van der Waals surface area contributed by atoms with E-state index in [1.165, 1.54) is 36.7 Å². The number of aromatic nitrogens is 1. The summed E-state index contributed by atoms with van der Waals surface area (Å²) < 4.78 is 5.43. The third-order valence-corrected chi connectivity index (χ3v) is 4.09. The first-order chi connectivity index (χ1) is 14.0. The zero-order valence-electron chi connectivity index (χ0n) is 15.4. The van der Waals surface area contributed by atoms with Crippen molar-refractivity contribution in [3.63, 3.8) is 0 Å². The number of hydrogen-bond donors (Lipinski definition) is 1. The van der Waals surface area contributed by atoms with Gasteiger partial charge in [-0.15, -0.1) is 0 Å². The smallest absolute Gasteiger partial charge is 0.339 e. The van der Waals surface area contributed by atoms with Gasteiger partial charge in [0.2, 0.25) is 6.10 Å². The van der Waals surface area contributed by atoms with Crippen LogP contribution in [0.4, 0.5) is 11.4 Å². The second-order valence-corrected chi connectivity index (χ2v) is 6.20. The highest BCUT2D eigenvalue weighted by atomic mass is 16.6. The van der Waals surface area contributed by atoms with Gasteiger partial charge in [-0.2, -0.15) is 0 Å². The van der Waals surface area contributed by atoms with Crippen molar-refractivity contribution >= 4 is 23.3 Å². The predicted octanol–water partition coefficient (Wildman–Crippen LogP) is 3.84. The maximum Gasteiger partial charge on any atom is 0.339 e. The van der Waals surface area contributed by atoms with Crippen LogP contribution in [0.2, 0.25) is 0 Å². The van der Waals surface area contributed by atoms with Gasteiger partial charge < -0.3 is 10.1 Å². The zero-order chi connectivity index (χ0) is 20.8. The summed E-state index contributed by atoms with van der Waals surface area (Å²) in [5, 5.41) is 13.8. The zero-order valence-corrected chi connectivity index (χ0v) is 15.4. The summed E-state index contributed by atoms with van der Waals surface area (Å²) in [7, 11) is 0. The van der Waals surface area contributed by atoms with Crippen LogP contribution in [0, 0.1) is 17.0 Å². The van der Waals surface area contributed by atoms with Gasteiger partial charge in [0.25, 0.3) is 11.6 Å². The number of aryl methyl sites for hydroxylation is 1. The Morgan fingerprint density at radius 1 is 1.07 bits per heavy atom. The second kappa shape index (κ2) is 8.75. The van der Waals surface area contributed by atoms with Crippen molar-refractivity contribution in [2.24, 2.45) is 0 Å². The second-order valence-electron chi connectivity index (χ2n) is 6.20. The molecule has 146 valence electrons. The van der Waals surface area contributed by atoms with Gasteiger partial charge in [-0.25, -0.2) is 4.79 Å². The quantitative estimate of drug-likeness (QED) is 0.388. The number of esters is 1. The first kappa shape index (κ1) is 19.7. The number of hydrogen-bond acceptors (Lipinski definition) is 6. The van der Waals surface area contributed by atoms with E-state index >= 15 is 0 Å². The minimum absolute atomic E-state index is 0.0199. The van der Waals surface area contributed by atoms with Crippen molar-refractivity contribution in [2.45, 2.75) is 13.0 Å². The van der Waals surface area contributed by atoms with Crippen molar-refractivity contribution in [1.82, 2.24) is 4.98 Å². The molecule has 29 heavy (non-hydrogen) atoms. The molecule has 0 aliphatic heterocycles. The van der Waals surface area contributed by atoms with E-state index in [0.29, 0.717) is 11.1 Å². The van der Waals surface area contributed by atoms with E-state index in [4.69, 9.17) is 4.74 Å². The fourth-order valence-corrected chi connectivity index (χ4v) is 2.66. The summed E-state index contributed by atoms with van der Waals surface area (Å²) in [4.78, 5) is 40.0. The monoisotopic (exact) mass is 391 g/mol. The highest BCUT2D eigenvalue weighted by Crippen LogP contribution is 2.28. The fourth-order valence-electron chi connectivity index (χ4n) is 2.66. The number of ether oxygens (including phenoxy) is 1. The molecule has 3 rings (SSSR count).